The molecule has 0 fully saturated rings. The minimum Gasteiger partial charge on any atom is -0.497 e. The van der Waals surface area contributed by atoms with Gasteiger partial charge in [0.05, 0.1) is 12.8 Å². The van der Waals surface area contributed by atoms with Crippen molar-refractivity contribution in [3.8, 4) is 17.0 Å². The van der Waals surface area contributed by atoms with Gasteiger partial charge in [0.2, 0.25) is 0 Å². The molecule has 0 unspecified atom stereocenters. The number of methoxy groups -OCH3 is 1. The maximum absolute atomic E-state index is 5.75. The van der Waals surface area contributed by atoms with Crippen molar-refractivity contribution in [1.29, 1.82) is 0 Å². The summed E-state index contributed by atoms with van der Waals surface area (Å²) in [5, 5.41) is 8.26. The van der Waals surface area contributed by atoms with Gasteiger partial charge in [-0.05, 0) is 19.1 Å². The highest BCUT2D eigenvalue weighted by Crippen LogP contribution is 2.24. The Labute approximate surface area is 100 Å². The van der Waals surface area contributed by atoms with E-state index in [0.29, 0.717) is 6.54 Å². The second-order valence-electron chi connectivity index (χ2n) is 3.64. The lowest BCUT2D eigenvalue weighted by molar-refractivity contribution is 0.415. The zero-order valence-corrected chi connectivity index (χ0v) is 10.1. The molecule has 5 nitrogen and oxygen atoms in total. The molecule has 0 radical (unpaired) electrons. The van der Waals surface area contributed by atoms with E-state index >= 15 is 0 Å². The summed E-state index contributed by atoms with van der Waals surface area (Å²) in [5.41, 5.74) is 8.50. The fourth-order valence-electron chi connectivity index (χ4n) is 1.78. The Balaban J connectivity index is 2.48. The Kier molecular flexibility index (Phi) is 3.39. The summed E-state index contributed by atoms with van der Waals surface area (Å²) in [6.07, 6.45) is 0. The van der Waals surface area contributed by atoms with Crippen molar-refractivity contribution >= 4 is 0 Å². The normalized spacial score (nSPS) is 10.5. The smallest absolute Gasteiger partial charge is 0.119 e. The molecule has 1 aromatic heterocycles. The molecular weight excluding hydrogens is 216 g/mol. The van der Waals surface area contributed by atoms with E-state index < -0.39 is 0 Å². The summed E-state index contributed by atoms with van der Waals surface area (Å²) in [6, 6.07) is 7.74. The monoisotopic (exact) mass is 232 g/mol. The van der Waals surface area contributed by atoms with Crippen LogP contribution < -0.4 is 10.5 Å². The second kappa shape index (κ2) is 4.97. The quantitative estimate of drug-likeness (QED) is 0.866. The van der Waals surface area contributed by atoms with Gasteiger partial charge >= 0.3 is 0 Å². The molecule has 0 aliphatic heterocycles. The number of nitrogens with two attached hydrogens (primary N) is 1. The first kappa shape index (κ1) is 11.6. The zero-order chi connectivity index (χ0) is 12.3. The van der Waals surface area contributed by atoms with E-state index in [1.165, 1.54) is 0 Å². The molecule has 1 aromatic carbocycles. The summed E-state index contributed by atoms with van der Waals surface area (Å²) < 4.78 is 7.01. The summed E-state index contributed by atoms with van der Waals surface area (Å²) in [4.78, 5) is 0. The summed E-state index contributed by atoms with van der Waals surface area (Å²) in [6.45, 7) is 3.21. The Morgan fingerprint density at radius 1 is 1.41 bits per heavy atom. The topological polar surface area (TPSA) is 66.0 Å². The van der Waals surface area contributed by atoms with Crippen molar-refractivity contribution in [2.24, 2.45) is 5.73 Å². The van der Waals surface area contributed by atoms with E-state index in [9.17, 15) is 0 Å². The predicted octanol–water partition coefficient (Wildman–Crippen LogP) is 1.43. The number of ether oxygens (including phenoxy) is 1. The van der Waals surface area contributed by atoms with Crippen LogP contribution in [0.4, 0.5) is 0 Å². The molecule has 5 heteroatoms. The van der Waals surface area contributed by atoms with Crippen LogP contribution in [0.2, 0.25) is 0 Å². The van der Waals surface area contributed by atoms with E-state index in [1.54, 1.807) is 7.11 Å². The molecule has 90 valence electrons. The lowest BCUT2D eigenvalue weighted by Gasteiger charge is -2.05. The predicted molar refractivity (Wildman–Crippen MR) is 65.6 cm³/mol. The molecule has 0 amide bonds. The molecule has 0 bridgehead atoms. The molecule has 0 saturated carbocycles. The first-order valence-electron chi connectivity index (χ1n) is 5.57. The number of aryl methyl sites for hydroxylation is 1. The first-order chi connectivity index (χ1) is 8.30. The largest absolute Gasteiger partial charge is 0.497 e. The van der Waals surface area contributed by atoms with Crippen LogP contribution in [0.1, 0.15) is 12.6 Å². The summed E-state index contributed by atoms with van der Waals surface area (Å²) >= 11 is 0. The van der Waals surface area contributed by atoms with Gasteiger partial charge in [-0.3, -0.25) is 0 Å². The van der Waals surface area contributed by atoms with Gasteiger partial charge in [-0.2, -0.15) is 0 Å². The van der Waals surface area contributed by atoms with Crippen molar-refractivity contribution in [3.05, 3.63) is 30.0 Å². The molecular formula is C12H16N4O. The Morgan fingerprint density at radius 3 is 2.88 bits per heavy atom. The van der Waals surface area contributed by atoms with E-state index in [4.69, 9.17) is 10.5 Å². The van der Waals surface area contributed by atoms with Gasteiger partial charge in [-0.25, -0.2) is 4.68 Å². The van der Waals surface area contributed by atoms with Gasteiger partial charge in [0.15, 0.2) is 0 Å². The van der Waals surface area contributed by atoms with Crippen molar-refractivity contribution in [1.82, 2.24) is 15.0 Å². The van der Waals surface area contributed by atoms with Crippen molar-refractivity contribution in [2.45, 2.75) is 20.0 Å². The van der Waals surface area contributed by atoms with Gasteiger partial charge < -0.3 is 10.5 Å². The number of rotatable bonds is 4. The average molecular weight is 232 g/mol. The van der Waals surface area contributed by atoms with Crippen LogP contribution in [0.15, 0.2) is 24.3 Å². The van der Waals surface area contributed by atoms with E-state index in [1.807, 2.05) is 35.9 Å². The Hall–Kier alpha value is -1.88. The van der Waals surface area contributed by atoms with Crippen LogP contribution in [0, 0.1) is 0 Å². The molecule has 0 saturated heterocycles. The van der Waals surface area contributed by atoms with Gasteiger partial charge in [0, 0.05) is 18.7 Å². The Bertz CT molecular complexity index is 507. The third-order valence-corrected chi connectivity index (χ3v) is 2.67. The number of benzene rings is 1. The Morgan fingerprint density at radius 2 is 2.24 bits per heavy atom. The standard InChI is InChI=1S/C12H16N4O/c1-3-16-11(8-13)12(14-15-16)9-5-4-6-10(7-9)17-2/h4-7H,3,8,13H2,1-2H3. The highest BCUT2D eigenvalue weighted by molar-refractivity contribution is 5.63. The van der Waals surface area contributed by atoms with Crippen LogP contribution in [0.25, 0.3) is 11.3 Å². The van der Waals surface area contributed by atoms with Gasteiger partial charge in [-0.1, -0.05) is 17.3 Å². The van der Waals surface area contributed by atoms with Crippen LogP contribution in [-0.2, 0) is 13.1 Å². The summed E-state index contributed by atoms with van der Waals surface area (Å²) in [7, 11) is 1.64. The molecule has 0 atom stereocenters. The van der Waals surface area contributed by atoms with Crippen molar-refractivity contribution in [2.75, 3.05) is 7.11 Å². The molecule has 0 aliphatic rings. The average Bonchev–Trinajstić information content (AvgIpc) is 2.81. The summed E-state index contributed by atoms with van der Waals surface area (Å²) in [5.74, 6) is 0.802. The second-order valence-corrected chi connectivity index (χ2v) is 3.64. The fraction of sp³-hybridized carbons (Fsp3) is 0.333. The maximum Gasteiger partial charge on any atom is 0.119 e. The van der Waals surface area contributed by atoms with Crippen LogP contribution in [0.3, 0.4) is 0 Å². The molecule has 0 spiro atoms. The minimum absolute atomic E-state index is 0.424. The highest BCUT2D eigenvalue weighted by Gasteiger charge is 2.12. The van der Waals surface area contributed by atoms with Crippen LogP contribution in [-0.4, -0.2) is 22.1 Å². The molecule has 17 heavy (non-hydrogen) atoms. The lowest BCUT2D eigenvalue weighted by Crippen LogP contribution is -2.08. The number of hydrogen-bond donors (Lipinski definition) is 1. The molecule has 0 aliphatic carbocycles. The first-order valence-corrected chi connectivity index (χ1v) is 5.57. The minimum atomic E-state index is 0.424. The molecule has 1 heterocycles. The number of aromatic nitrogens is 3. The van der Waals surface area contributed by atoms with E-state index in [2.05, 4.69) is 10.3 Å². The van der Waals surface area contributed by atoms with Gasteiger partial charge in [0.1, 0.15) is 11.4 Å². The van der Waals surface area contributed by atoms with Crippen LogP contribution >= 0.6 is 0 Å². The highest BCUT2D eigenvalue weighted by atomic mass is 16.5. The zero-order valence-electron chi connectivity index (χ0n) is 10.1. The number of nitrogens with zero attached hydrogens (tertiary/aromatic N) is 3. The maximum atomic E-state index is 5.75. The lowest BCUT2D eigenvalue weighted by atomic mass is 10.1. The third kappa shape index (κ3) is 2.14. The van der Waals surface area contributed by atoms with E-state index in [0.717, 1.165) is 29.2 Å². The van der Waals surface area contributed by atoms with Crippen molar-refractivity contribution in [3.63, 3.8) is 0 Å². The molecule has 2 aromatic rings. The fourth-order valence-corrected chi connectivity index (χ4v) is 1.78. The third-order valence-electron chi connectivity index (χ3n) is 2.67. The van der Waals surface area contributed by atoms with Gasteiger partial charge in [0.25, 0.3) is 0 Å². The van der Waals surface area contributed by atoms with Crippen molar-refractivity contribution < 1.29 is 4.74 Å². The van der Waals surface area contributed by atoms with Crippen LogP contribution in [0.5, 0.6) is 5.75 Å². The number of hydrogen-bond acceptors (Lipinski definition) is 4. The SMILES string of the molecule is CCn1nnc(-c2cccc(OC)c2)c1CN. The molecule has 2 rings (SSSR count). The molecule has 2 N–H and O–H groups in total. The van der Waals surface area contributed by atoms with Gasteiger partial charge in [-0.15, -0.1) is 5.10 Å². The van der Waals surface area contributed by atoms with E-state index in [-0.39, 0.29) is 0 Å².